The van der Waals surface area contributed by atoms with Gasteiger partial charge in [0.05, 0.1) is 0 Å². The Morgan fingerprint density at radius 3 is 1.76 bits per heavy atom. The first kappa shape index (κ1) is 19.3. The number of nitrogens with zero attached hydrogens (tertiary/aromatic N) is 5. The quantitative estimate of drug-likeness (QED) is 0.434. The Labute approximate surface area is 177 Å². The lowest BCUT2D eigenvalue weighted by Gasteiger charge is -2.12. The van der Waals surface area contributed by atoms with Crippen LogP contribution in [0.25, 0.3) is 0 Å². The van der Waals surface area contributed by atoms with E-state index in [1.807, 2.05) is 69.3 Å². The molecule has 2 N–H and O–H groups in total. The summed E-state index contributed by atoms with van der Waals surface area (Å²) in [5.74, 6) is 0.934. The van der Waals surface area contributed by atoms with Gasteiger partial charge in [-0.15, -0.1) is 10.2 Å². The molecule has 0 unspecified atom stereocenters. The Kier molecular flexibility index (Phi) is 5.68. The molecule has 0 saturated carbocycles. The molecule has 0 aliphatic carbocycles. The van der Waals surface area contributed by atoms with Crippen molar-refractivity contribution in [2.24, 2.45) is 0 Å². The topological polar surface area (TPSA) is 88.5 Å². The molecule has 0 radical (unpaired) electrons. The van der Waals surface area contributed by atoms with Gasteiger partial charge in [0.2, 0.25) is 17.1 Å². The summed E-state index contributed by atoms with van der Waals surface area (Å²) in [7, 11) is 0. The molecule has 0 atom stereocenters. The van der Waals surface area contributed by atoms with Crippen molar-refractivity contribution in [1.29, 1.82) is 0 Å². The third kappa shape index (κ3) is 4.87. The van der Waals surface area contributed by atoms with Gasteiger partial charge in [-0.2, -0.15) is 15.0 Å². The number of rotatable bonds is 6. The van der Waals surface area contributed by atoms with Crippen LogP contribution in [0.5, 0.6) is 0 Å². The number of hydrogen-bond acceptors (Lipinski definition) is 9. The SMILES string of the molecule is Cc1nnc(Sc2nc(Nc3ccccc3C)nc(Nc3ccccc3C)n2)s1. The lowest BCUT2D eigenvalue weighted by atomic mass is 10.2. The molecule has 0 bridgehead atoms. The maximum absolute atomic E-state index is 4.57. The molecule has 0 saturated heterocycles. The Hall–Kier alpha value is -3.04. The first-order valence-corrected chi connectivity index (χ1v) is 10.6. The molecule has 2 aromatic carbocycles. The van der Waals surface area contributed by atoms with Crippen molar-refractivity contribution in [3.63, 3.8) is 0 Å². The summed E-state index contributed by atoms with van der Waals surface area (Å²) < 4.78 is 0.789. The first-order chi connectivity index (χ1) is 14.1. The molecular formula is C20H19N7S2. The van der Waals surface area contributed by atoms with Crippen LogP contribution in [0, 0.1) is 20.8 Å². The zero-order valence-corrected chi connectivity index (χ0v) is 17.8. The van der Waals surface area contributed by atoms with Crippen LogP contribution in [0.3, 0.4) is 0 Å². The van der Waals surface area contributed by atoms with Crippen molar-refractivity contribution in [3.05, 3.63) is 64.7 Å². The van der Waals surface area contributed by atoms with Crippen LogP contribution >= 0.6 is 23.1 Å². The summed E-state index contributed by atoms with van der Waals surface area (Å²) in [5, 5.41) is 16.3. The highest BCUT2D eigenvalue weighted by atomic mass is 32.2. The molecular weight excluding hydrogens is 402 g/mol. The average molecular weight is 422 g/mol. The maximum Gasteiger partial charge on any atom is 0.233 e. The minimum atomic E-state index is 0.467. The number of aromatic nitrogens is 5. The number of hydrogen-bond donors (Lipinski definition) is 2. The third-order valence-electron chi connectivity index (χ3n) is 4.08. The second-order valence-corrected chi connectivity index (χ2v) is 8.73. The second-order valence-electron chi connectivity index (χ2n) is 6.33. The Bertz CT molecular complexity index is 1080. The van der Waals surface area contributed by atoms with E-state index in [-0.39, 0.29) is 0 Å². The molecule has 0 fully saturated rings. The zero-order chi connectivity index (χ0) is 20.2. The molecule has 146 valence electrons. The second kappa shape index (κ2) is 8.54. The summed E-state index contributed by atoms with van der Waals surface area (Å²) in [6, 6.07) is 16.0. The molecule has 4 rings (SSSR count). The number of benzene rings is 2. The van der Waals surface area contributed by atoms with Crippen molar-refractivity contribution in [2.75, 3.05) is 10.6 Å². The van der Waals surface area contributed by atoms with Gasteiger partial charge in [-0.25, -0.2) is 0 Å². The first-order valence-electron chi connectivity index (χ1n) is 8.96. The molecule has 0 spiro atoms. The minimum Gasteiger partial charge on any atom is -0.324 e. The minimum absolute atomic E-state index is 0.467. The van der Waals surface area contributed by atoms with E-state index in [9.17, 15) is 0 Å². The number of aryl methyl sites for hydroxylation is 3. The Morgan fingerprint density at radius 2 is 1.28 bits per heavy atom. The Morgan fingerprint density at radius 1 is 0.724 bits per heavy atom. The van der Waals surface area contributed by atoms with Gasteiger partial charge in [0.25, 0.3) is 0 Å². The van der Waals surface area contributed by atoms with E-state index in [1.165, 1.54) is 23.1 Å². The van der Waals surface area contributed by atoms with E-state index >= 15 is 0 Å². The normalized spacial score (nSPS) is 10.7. The lowest BCUT2D eigenvalue weighted by Crippen LogP contribution is -2.06. The summed E-state index contributed by atoms with van der Waals surface area (Å²) in [6.45, 7) is 6.00. The Balaban J connectivity index is 1.68. The van der Waals surface area contributed by atoms with Crippen LogP contribution in [0.1, 0.15) is 16.1 Å². The standard InChI is InChI=1S/C20H19N7S2/c1-12-8-4-6-10-15(12)21-17-23-18(22-16-11-7-5-9-13(16)2)25-19(24-17)29-20-27-26-14(3)28-20/h4-11H,1-3H3,(H2,21,22,23,24,25). The smallest absolute Gasteiger partial charge is 0.233 e. The van der Waals surface area contributed by atoms with Gasteiger partial charge in [-0.3, -0.25) is 0 Å². The zero-order valence-electron chi connectivity index (χ0n) is 16.2. The number of para-hydroxylation sites is 2. The fraction of sp³-hybridized carbons (Fsp3) is 0.150. The monoisotopic (exact) mass is 421 g/mol. The van der Waals surface area contributed by atoms with E-state index in [2.05, 4.69) is 35.8 Å². The molecule has 0 aliphatic rings. The fourth-order valence-electron chi connectivity index (χ4n) is 2.58. The van der Waals surface area contributed by atoms with Gasteiger partial charge in [-0.1, -0.05) is 47.7 Å². The molecule has 0 amide bonds. The molecule has 0 aliphatic heterocycles. The third-order valence-corrected chi connectivity index (χ3v) is 5.84. The van der Waals surface area contributed by atoms with E-state index in [1.54, 1.807) is 0 Å². The highest BCUT2D eigenvalue weighted by molar-refractivity contribution is 8.00. The van der Waals surface area contributed by atoms with Gasteiger partial charge in [-0.05, 0) is 55.8 Å². The van der Waals surface area contributed by atoms with Crippen LogP contribution in [0.4, 0.5) is 23.3 Å². The summed E-state index contributed by atoms with van der Waals surface area (Å²) >= 11 is 2.88. The van der Waals surface area contributed by atoms with Crippen LogP contribution in [0.2, 0.25) is 0 Å². The predicted molar refractivity (Wildman–Crippen MR) is 118 cm³/mol. The highest BCUT2D eigenvalue weighted by Gasteiger charge is 2.12. The van der Waals surface area contributed by atoms with E-state index in [0.29, 0.717) is 17.1 Å². The van der Waals surface area contributed by atoms with Crippen LogP contribution in [-0.2, 0) is 0 Å². The molecule has 2 heterocycles. The molecule has 29 heavy (non-hydrogen) atoms. The molecule has 2 aromatic heterocycles. The van der Waals surface area contributed by atoms with Crippen molar-refractivity contribution >= 4 is 46.4 Å². The van der Waals surface area contributed by atoms with Crippen molar-refractivity contribution in [2.45, 2.75) is 30.3 Å². The van der Waals surface area contributed by atoms with Gasteiger partial charge < -0.3 is 10.6 Å². The average Bonchev–Trinajstić information content (AvgIpc) is 3.10. The maximum atomic E-state index is 4.57. The largest absolute Gasteiger partial charge is 0.324 e. The summed E-state index contributed by atoms with van der Waals surface area (Å²) in [5.41, 5.74) is 4.11. The van der Waals surface area contributed by atoms with Crippen LogP contribution in [-0.4, -0.2) is 25.1 Å². The van der Waals surface area contributed by atoms with Gasteiger partial charge >= 0.3 is 0 Å². The summed E-state index contributed by atoms with van der Waals surface area (Å²) in [4.78, 5) is 13.7. The van der Waals surface area contributed by atoms with Gasteiger partial charge in [0, 0.05) is 11.4 Å². The fourth-order valence-corrected chi connectivity index (χ4v) is 4.25. The number of anilines is 4. The molecule has 4 aromatic rings. The highest BCUT2D eigenvalue weighted by Crippen LogP contribution is 2.30. The predicted octanol–water partition coefficient (Wildman–Crippen LogP) is 5.29. The van der Waals surface area contributed by atoms with Crippen molar-refractivity contribution < 1.29 is 0 Å². The van der Waals surface area contributed by atoms with E-state index < -0.39 is 0 Å². The number of nitrogens with one attached hydrogen (secondary N) is 2. The van der Waals surface area contributed by atoms with Crippen LogP contribution in [0.15, 0.2) is 58.0 Å². The molecule has 7 nitrogen and oxygen atoms in total. The molecule has 9 heteroatoms. The van der Waals surface area contributed by atoms with Gasteiger partial charge in [0.1, 0.15) is 5.01 Å². The van der Waals surface area contributed by atoms with Crippen molar-refractivity contribution in [1.82, 2.24) is 25.1 Å². The van der Waals surface area contributed by atoms with Gasteiger partial charge in [0.15, 0.2) is 4.34 Å². The lowest BCUT2D eigenvalue weighted by molar-refractivity contribution is 0.913. The van der Waals surface area contributed by atoms with E-state index in [4.69, 9.17) is 0 Å². The van der Waals surface area contributed by atoms with E-state index in [0.717, 1.165) is 31.8 Å². The van der Waals surface area contributed by atoms with Crippen LogP contribution < -0.4 is 10.6 Å². The van der Waals surface area contributed by atoms with Crippen molar-refractivity contribution in [3.8, 4) is 0 Å². The summed E-state index contributed by atoms with van der Waals surface area (Å²) in [6.07, 6.45) is 0.